The lowest BCUT2D eigenvalue weighted by Crippen LogP contribution is -2.65. The van der Waals surface area contributed by atoms with E-state index in [2.05, 4.69) is 11.0 Å². The fraction of sp³-hybridized carbons (Fsp3) is 0.900. The lowest BCUT2D eigenvalue weighted by Gasteiger charge is -2.49. The molecule has 0 spiro atoms. The van der Waals surface area contributed by atoms with Crippen molar-refractivity contribution in [3.63, 3.8) is 0 Å². The van der Waals surface area contributed by atoms with Gasteiger partial charge in [0.05, 0.1) is 6.07 Å². The van der Waals surface area contributed by atoms with Crippen LogP contribution in [0.5, 0.6) is 0 Å². The molecule has 2 rings (SSSR count). The van der Waals surface area contributed by atoms with Gasteiger partial charge in [-0.15, -0.1) is 0 Å². The Kier molecular flexibility index (Phi) is 2.27. The highest BCUT2D eigenvalue weighted by Crippen LogP contribution is 2.35. The van der Waals surface area contributed by atoms with E-state index < -0.39 is 0 Å². The van der Waals surface area contributed by atoms with E-state index in [1.165, 1.54) is 19.3 Å². The molecule has 2 aliphatic rings. The zero-order valence-corrected chi connectivity index (χ0v) is 8.00. The lowest BCUT2D eigenvalue weighted by molar-refractivity contribution is 0.0258. The lowest BCUT2D eigenvalue weighted by atomic mass is 9.79. The first kappa shape index (κ1) is 8.98. The van der Waals surface area contributed by atoms with Crippen molar-refractivity contribution in [2.45, 2.75) is 43.7 Å². The quantitative estimate of drug-likeness (QED) is 0.649. The Morgan fingerprint density at radius 2 is 1.85 bits per heavy atom. The standard InChI is InChI=1S/C10H17N3/c11-8-10(4-2-1-3-5-10)13-6-9(12)7-13/h9H,1-7,12H2. The second-order valence-corrected chi connectivity index (χ2v) is 4.37. The maximum absolute atomic E-state index is 9.23. The van der Waals surface area contributed by atoms with Gasteiger partial charge >= 0.3 is 0 Å². The third-order valence-corrected chi connectivity index (χ3v) is 3.40. The number of hydrogen-bond acceptors (Lipinski definition) is 3. The number of nitriles is 1. The van der Waals surface area contributed by atoms with Crippen LogP contribution in [0.25, 0.3) is 0 Å². The molecule has 0 amide bonds. The zero-order chi connectivity index (χ0) is 9.31. The molecule has 0 unspecified atom stereocenters. The van der Waals surface area contributed by atoms with Crippen LogP contribution < -0.4 is 5.73 Å². The second-order valence-electron chi connectivity index (χ2n) is 4.37. The molecule has 3 heteroatoms. The summed E-state index contributed by atoms with van der Waals surface area (Å²) in [7, 11) is 0. The number of nitrogens with zero attached hydrogens (tertiary/aromatic N) is 2. The van der Waals surface area contributed by atoms with E-state index in [0.717, 1.165) is 25.9 Å². The van der Waals surface area contributed by atoms with Gasteiger partial charge in [0, 0.05) is 19.1 Å². The summed E-state index contributed by atoms with van der Waals surface area (Å²) >= 11 is 0. The second kappa shape index (κ2) is 3.28. The van der Waals surface area contributed by atoms with Crippen LogP contribution in [-0.4, -0.2) is 29.6 Å². The first-order valence-corrected chi connectivity index (χ1v) is 5.19. The molecule has 2 fully saturated rings. The zero-order valence-electron chi connectivity index (χ0n) is 8.00. The van der Waals surface area contributed by atoms with E-state index in [0.29, 0.717) is 6.04 Å². The van der Waals surface area contributed by atoms with Crippen LogP contribution in [0, 0.1) is 11.3 Å². The molecule has 3 nitrogen and oxygen atoms in total. The van der Waals surface area contributed by atoms with Gasteiger partial charge in [-0.1, -0.05) is 19.3 Å². The molecule has 1 saturated carbocycles. The van der Waals surface area contributed by atoms with E-state index in [1.807, 2.05) is 0 Å². The molecule has 1 heterocycles. The SMILES string of the molecule is N#CC1(N2CC(N)C2)CCCCC1. The number of rotatable bonds is 1. The largest absolute Gasteiger partial charge is 0.325 e. The Labute approximate surface area is 79.5 Å². The molecule has 0 radical (unpaired) electrons. The Morgan fingerprint density at radius 3 is 2.31 bits per heavy atom. The van der Waals surface area contributed by atoms with Crippen LogP contribution in [0.15, 0.2) is 0 Å². The molecular formula is C10H17N3. The van der Waals surface area contributed by atoms with Gasteiger partial charge in [-0.05, 0) is 12.8 Å². The molecule has 72 valence electrons. The van der Waals surface area contributed by atoms with E-state index in [1.54, 1.807) is 0 Å². The monoisotopic (exact) mass is 179 g/mol. The van der Waals surface area contributed by atoms with Gasteiger partial charge in [-0.2, -0.15) is 5.26 Å². The number of likely N-dealkylation sites (tertiary alicyclic amines) is 1. The molecule has 1 aliphatic carbocycles. The van der Waals surface area contributed by atoms with Gasteiger partial charge in [0.1, 0.15) is 5.54 Å². The molecule has 0 aromatic heterocycles. The Bertz CT molecular complexity index is 219. The van der Waals surface area contributed by atoms with E-state index in [-0.39, 0.29) is 5.54 Å². The Morgan fingerprint density at radius 1 is 1.23 bits per heavy atom. The van der Waals surface area contributed by atoms with Crippen molar-refractivity contribution in [1.82, 2.24) is 4.90 Å². The van der Waals surface area contributed by atoms with Crippen molar-refractivity contribution >= 4 is 0 Å². The molecule has 13 heavy (non-hydrogen) atoms. The fourth-order valence-corrected chi connectivity index (χ4v) is 2.50. The number of nitrogens with two attached hydrogens (primary N) is 1. The predicted octanol–water partition coefficient (Wildman–Crippen LogP) is 0.856. The summed E-state index contributed by atoms with van der Waals surface area (Å²) in [6, 6.07) is 2.82. The smallest absolute Gasteiger partial charge is 0.109 e. The van der Waals surface area contributed by atoms with Gasteiger partial charge in [0.2, 0.25) is 0 Å². The van der Waals surface area contributed by atoms with E-state index in [4.69, 9.17) is 5.73 Å². The normalized spacial score (nSPS) is 29.2. The summed E-state index contributed by atoms with van der Waals surface area (Å²) in [6.07, 6.45) is 5.81. The minimum absolute atomic E-state index is 0.145. The molecule has 1 aliphatic heterocycles. The fourth-order valence-electron chi connectivity index (χ4n) is 2.50. The minimum atomic E-state index is -0.145. The first-order valence-electron chi connectivity index (χ1n) is 5.19. The summed E-state index contributed by atoms with van der Waals surface area (Å²) in [4.78, 5) is 2.27. The summed E-state index contributed by atoms with van der Waals surface area (Å²) in [5.41, 5.74) is 5.59. The van der Waals surface area contributed by atoms with E-state index in [9.17, 15) is 5.26 Å². The van der Waals surface area contributed by atoms with Crippen LogP contribution in [0.3, 0.4) is 0 Å². The highest BCUT2D eigenvalue weighted by atomic mass is 15.3. The Hall–Kier alpha value is -0.590. The van der Waals surface area contributed by atoms with Crippen molar-refractivity contribution in [2.75, 3.05) is 13.1 Å². The highest BCUT2D eigenvalue weighted by molar-refractivity contribution is 5.13. The molecule has 1 saturated heterocycles. The third kappa shape index (κ3) is 1.45. The first-order chi connectivity index (χ1) is 6.27. The molecule has 0 atom stereocenters. The summed E-state index contributed by atoms with van der Waals surface area (Å²) < 4.78 is 0. The topological polar surface area (TPSA) is 53.0 Å². The van der Waals surface area contributed by atoms with Gasteiger partial charge < -0.3 is 5.73 Å². The molecule has 0 aromatic carbocycles. The van der Waals surface area contributed by atoms with Crippen molar-refractivity contribution in [1.29, 1.82) is 5.26 Å². The average molecular weight is 179 g/mol. The van der Waals surface area contributed by atoms with Crippen LogP contribution in [0.1, 0.15) is 32.1 Å². The van der Waals surface area contributed by atoms with Crippen LogP contribution in [0.4, 0.5) is 0 Å². The average Bonchev–Trinajstić information content (AvgIpc) is 2.14. The third-order valence-electron chi connectivity index (χ3n) is 3.40. The van der Waals surface area contributed by atoms with Gasteiger partial charge in [-0.3, -0.25) is 4.90 Å². The van der Waals surface area contributed by atoms with Crippen LogP contribution >= 0.6 is 0 Å². The highest BCUT2D eigenvalue weighted by Gasteiger charge is 2.43. The van der Waals surface area contributed by atoms with Crippen molar-refractivity contribution < 1.29 is 0 Å². The van der Waals surface area contributed by atoms with Gasteiger partial charge in [-0.25, -0.2) is 0 Å². The number of hydrogen-bond donors (Lipinski definition) is 1. The van der Waals surface area contributed by atoms with Crippen molar-refractivity contribution in [3.05, 3.63) is 0 Å². The van der Waals surface area contributed by atoms with Crippen LogP contribution in [0.2, 0.25) is 0 Å². The molecule has 0 aromatic rings. The van der Waals surface area contributed by atoms with Gasteiger partial charge in [0.15, 0.2) is 0 Å². The summed E-state index contributed by atoms with van der Waals surface area (Å²) in [5.74, 6) is 0. The predicted molar refractivity (Wildman–Crippen MR) is 51.0 cm³/mol. The van der Waals surface area contributed by atoms with Crippen molar-refractivity contribution in [2.24, 2.45) is 5.73 Å². The van der Waals surface area contributed by atoms with Crippen molar-refractivity contribution in [3.8, 4) is 6.07 Å². The van der Waals surface area contributed by atoms with Gasteiger partial charge in [0.25, 0.3) is 0 Å². The maximum Gasteiger partial charge on any atom is 0.109 e. The molecule has 0 bridgehead atoms. The minimum Gasteiger partial charge on any atom is -0.325 e. The summed E-state index contributed by atoms with van der Waals surface area (Å²) in [5, 5.41) is 9.23. The van der Waals surface area contributed by atoms with E-state index >= 15 is 0 Å². The Balaban J connectivity index is 2.02. The molecular weight excluding hydrogens is 162 g/mol. The molecule has 2 N–H and O–H groups in total. The van der Waals surface area contributed by atoms with Crippen LogP contribution in [-0.2, 0) is 0 Å². The maximum atomic E-state index is 9.23. The summed E-state index contributed by atoms with van der Waals surface area (Å²) in [6.45, 7) is 1.85.